The molecular formula is C15H21NO2. The third kappa shape index (κ3) is 3.91. The average molecular weight is 247 g/mol. The molecule has 0 saturated carbocycles. The Labute approximate surface area is 109 Å². The Hall–Kier alpha value is -1.77. The number of aromatic carboxylic acids is 1. The van der Waals surface area contributed by atoms with Crippen LogP contribution in [-0.4, -0.2) is 17.6 Å². The van der Waals surface area contributed by atoms with Crippen molar-refractivity contribution in [3.63, 3.8) is 0 Å². The maximum absolute atomic E-state index is 11.2. The highest BCUT2D eigenvalue weighted by Gasteiger charge is 2.12. The summed E-state index contributed by atoms with van der Waals surface area (Å²) in [5.41, 5.74) is 2.06. The fourth-order valence-electron chi connectivity index (χ4n) is 1.90. The summed E-state index contributed by atoms with van der Waals surface area (Å²) in [4.78, 5) is 11.2. The summed E-state index contributed by atoms with van der Waals surface area (Å²) in [5, 5.41) is 12.4. The number of carboxylic acids is 1. The van der Waals surface area contributed by atoms with Crippen LogP contribution in [0.15, 0.2) is 30.9 Å². The van der Waals surface area contributed by atoms with Gasteiger partial charge in [0.25, 0.3) is 0 Å². The molecule has 0 bridgehead atoms. The molecule has 0 aliphatic heterocycles. The van der Waals surface area contributed by atoms with Crippen molar-refractivity contribution < 1.29 is 9.90 Å². The summed E-state index contributed by atoms with van der Waals surface area (Å²) in [5.74, 6) is -0.890. The van der Waals surface area contributed by atoms with Crippen LogP contribution in [0.1, 0.15) is 42.1 Å². The normalized spacial score (nSPS) is 10.1. The van der Waals surface area contributed by atoms with Gasteiger partial charge in [0.05, 0.1) is 11.3 Å². The van der Waals surface area contributed by atoms with E-state index in [1.54, 1.807) is 18.2 Å². The van der Waals surface area contributed by atoms with Crippen molar-refractivity contribution in [3.05, 3.63) is 42.0 Å². The van der Waals surface area contributed by atoms with Gasteiger partial charge in [0.15, 0.2) is 0 Å². The lowest BCUT2D eigenvalue weighted by Gasteiger charge is -2.13. The van der Waals surface area contributed by atoms with Crippen LogP contribution in [0.4, 0.5) is 5.69 Å². The number of allylic oxidation sites excluding steroid dienone is 1. The van der Waals surface area contributed by atoms with E-state index in [1.165, 1.54) is 0 Å². The summed E-state index contributed by atoms with van der Waals surface area (Å²) in [6.07, 6.45) is 5.83. The number of carboxylic acid groups (broad SMARTS) is 1. The minimum absolute atomic E-state index is 0.339. The second-order valence-corrected chi connectivity index (χ2v) is 4.27. The van der Waals surface area contributed by atoms with Crippen LogP contribution in [0, 0.1) is 0 Å². The number of hydrogen-bond donors (Lipinski definition) is 2. The molecule has 0 heterocycles. The van der Waals surface area contributed by atoms with Crippen LogP contribution in [-0.2, 0) is 6.42 Å². The Bertz CT molecular complexity index is 413. The molecule has 0 aromatic heterocycles. The van der Waals surface area contributed by atoms with E-state index < -0.39 is 5.97 Å². The Morgan fingerprint density at radius 1 is 1.44 bits per heavy atom. The van der Waals surface area contributed by atoms with Gasteiger partial charge in [-0.15, -0.1) is 6.58 Å². The van der Waals surface area contributed by atoms with Gasteiger partial charge in [-0.1, -0.05) is 38.0 Å². The van der Waals surface area contributed by atoms with Gasteiger partial charge in [0.1, 0.15) is 0 Å². The highest BCUT2D eigenvalue weighted by molar-refractivity contribution is 5.95. The van der Waals surface area contributed by atoms with E-state index in [9.17, 15) is 9.90 Å². The van der Waals surface area contributed by atoms with Crippen LogP contribution in [0.5, 0.6) is 0 Å². The van der Waals surface area contributed by atoms with Crippen LogP contribution in [0.3, 0.4) is 0 Å². The Balaban J connectivity index is 2.88. The molecular weight excluding hydrogens is 226 g/mol. The number of benzene rings is 1. The van der Waals surface area contributed by atoms with Gasteiger partial charge >= 0.3 is 5.97 Å². The summed E-state index contributed by atoms with van der Waals surface area (Å²) in [6.45, 7) is 6.66. The SMILES string of the molecule is C=CCc1cccc(C(=O)O)c1NCCCCC. The van der Waals surface area contributed by atoms with Gasteiger partial charge < -0.3 is 10.4 Å². The third-order valence-corrected chi connectivity index (χ3v) is 2.83. The molecule has 0 radical (unpaired) electrons. The van der Waals surface area contributed by atoms with Gasteiger partial charge in [-0.05, 0) is 24.5 Å². The number of unbranched alkanes of at least 4 members (excludes halogenated alkanes) is 2. The molecule has 3 nitrogen and oxygen atoms in total. The zero-order valence-electron chi connectivity index (χ0n) is 10.9. The molecule has 0 unspecified atom stereocenters. The van der Waals surface area contributed by atoms with E-state index in [-0.39, 0.29) is 0 Å². The monoisotopic (exact) mass is 247 g/mol. The molecule has 3 heteroatoms. The smallest absolute Gasteiger partial charge is 0.337 e. The maximum Gasteiger partial charge on any atom is 0.337 e. The van der Waals surface area contributed by atoms with Gasteiger partial charge in [0, 0.05) is 6.54 Å². The molecule has 2 N–H and O–H groups in total. The van der Waals surface area contributed by atoms with Crippen molar-refractivity contribution in [1.82, 2.24) is 0 Å². The summed E-state index contributed by atoms with van der Waals surface area (Å²) in [7, 11) is 0. The maximum atomic E-state index is 11.2. The molecule has 1 aromatic carbocycles. The molecule has 98 valence electrons. The summed E-state index contributed by atoms with van der Waals surface area (Å²) < 4.78 is 0. The van der Waals surface area contributed by atoms with Crippen molar-refractivity contribution in [1.29, 1.82) is 0 Å². The van der Waals surface area contributed by atoms with Crippen molar-refractivity contribution in [2.75, 3.05) is 11.9 Å². The summed E-state index contributed by atoms with van der Waals surface area (Å²) >= 11 is 0. The first kappa shape index (κ1) is 14.3. The lowest BCUT2D eigenvalue weighted by atomic mass is 10.0. The second kappa shape index (κ2) is 7.54. The van der Waals surface area contributed by atoms with Gasteiger partial charge in [0.2, 0.25) is 0 Å². The van der Waals surface area contributed by atoms with Crippen LogP contribution in [0.2, 0.25) is 0 Å². The molecule has 18 heavy (non-hydrogen) atoms. The highest BCUT2D eigenvalue weighted by atomic mass is 16.4. The van der Waals surface area contributed by atoms with Gasteiger partial charge in [-0.3, -0.25) is 0 Å². The lowest BCUT2D eigenvalue weighted by molar-refractivity contribution is 0.0698. The number of rotatable bonds is 8. The fourth-order valence-corrected chi connectivity index (χ4v) is 1.90. The highest BCUT2D eigenvalue weighted by Crippen LogP contribution is 2.22. The molecule has 1 rings (SSSR count). The molecule has 0 aliphatic carbocycles. The number of anilines is 1. The summed E-state index contributed by atoms with van der Waals surface area (Å²) in [6, 6.07) is 5.35. The van der Waals surface area contributed by atoms with Crippen molar-refractivity contribution >= 4 is 11.7 Å². The quantitative estimate of drug-likeness (QED) is 0.544. The van der Waals surface area contributed by atoms with Crippen LogP contribution >= 0.6 is 0 Å². The molecule has 0 aliphatic rings. The predicted octanol–water partition coefficient (Wildman–Crippen LogP) is 3.72. The minimum Gasteiger partial charge on any atom is -0.478 e. The molecule has 0 amide bonds. The van der Waals surface area contributed by atoms with Crippen LogP contribution < -0.4 is 5.32 Å². The van der Waals surface area contributed by atoms with Gasteiger partial charge in [-0.25, -0.2) is 4.79 Å². The number of nitrogens with one attached hydrogen (secondary N) is 1. The molecule has 0 saturated heterocycles. The molecule has 0 spiro atoms. The molecule has 1 aromatic rings. The standard InChI is InChI=1S/C15H21NO2/c1-3-5-6-11-16-14-12(8-4-2)9-7-10-13(14)15(17)18/h4,7,9-10,16H,2-3,5-6,8,11H2,1H3,(H,17,18). The Kier molecular flexibility index (Phi) is 5.98. The number of para-hydroxylation sites is 1. The first-order chi connectivity index (χ1) is 8.70. The lowest BCUT2D eigenvalue weighted by Crippen LogP contribution is -2.10. The van der Waals surface area contributed by atoms with E-state index >= 15 is 0 Å². The minimum atomic E-state index is -0.890. The second-order valence-electron chi connectivity index (χ2n) is 4.27. The zero-order chi connectivity index (χ0) is 13.4. The van der Waals surface area contributed by atoms with Crippen molar-refractivity contribution in [2.45, 2.75) is 32.6 Å². The van der Waals surface area contributed by atoms with Gasteiger partial charge in [-0.2, -0.15) is 0 Å². The zero-order valence-corrected chi connectivity index (χ0v) is 10.9. The Morgan fingerprint density at radius 2 is 2.22 bits per heavy atom. The molecule has 0 atom stereocenters. The van der Waals surface area contributed by atoms with E-state index in [0.29, 0.717) is 12.0 Å². The fraction of sp³-hybridized carbons (Fsp3) is 0.400. The molecule has 0 fully saturated rings. The Morgan fingerprint density at radius 3 is 2.83 bits per heavy atom. The van der Waals surface area contributed by atoms with Crippen LogP contribution in [0.25, 0.3) is 0 Å². The first-order valence-electron chi connectivity index (χ1n) is 6.40. The third-order valence-electron chi connectivity index (χ3n) is 2.83. The van der Waals surface area contributed by atoms with E-state index in [1.807, 2.05) is 6.07 Å². The topological polar surface area (TPSA) is 49.3 Å². The average Bonchev–Trinajstić information content (AvgIpc) is 2.36. The number of carbonyl (C=O) groups is 1. The number of hydrogen-bond acceptors (Lipinski definition) is 2. The first-order valence-corrected chi connectivity index (χ1v) is 6.40. The van der Waals surface area contributed by atoms with Crippen molar-refractivity contribution in [2.24, 2.45) is 0 Å². The largest absolute Gasteiger partial charge is 0.478 e. The predicted molar refractivity (Wildman–Crippen MR) is 75.3 cm³/mol. The van der Waals surface area contributed by atoms with E-state index in [0.717, 1.165) is 37.1 Å². The van der Waals surface area contributed by atoms with E-state index in [4.69, 9.17) is 0 Å². The van der Waals surface area contributed by atoms with Crippen molar-refractivity contribution in [3.8, 4) is 0 Å². The van der Waals surface area contributed by atoms with E-state index in [2.05, 4.69) is 18.8 Å².